The lowest BCUT2D eigenvalue weighted by Gasteiger charge is -2.12. The summed E-state index contributed by atoms with van der Waals surface area (Å²) in [5.74, 6) is -0.367. The first-order chi connectivity index (χ1) is 7.66. The molecule has 0 aromatic heterocycles. The first-order valence-corrected chi connectivity index (χ1v) is 5.31. The molecule has 4 heteroatoms. The largest absolute Gasteiger partial charge is 0.320 e. The third-order valence-corrected chi connectivity index (χ3v) is 2.62. The van der Waals surface area contributed by atoms with E-state index in [1.165, 1.54) is 12.1 Å². The maximum absolute atomic E-state index is 13.2. The summed E-state index contributed by atoms with van der Waals surface area (Å²) >= 11 is 5.79. The van der Waals surface area contributed by atoms with Gasteiger partial charge in [0.05, 0.1) is 6.04 Å². The number of hydrogen-bond acceptors (Lipinski definition) is 1. The minimum atomic E-state index is -0.367. The Morgan fingerprint density at radius 3 is 2.24 bits per heavy atom. The van der Waals surface area contributed by atoms with Gasteiger partial charge in [0.1, 0.15) is 5.82 Å². The molecular formula is C13H12Cl2FN. The quantitative estimate of drug-likeness (QED) is 0.880. The van der Waals surface area contributed by atoms with E-state index in [0.717, 1.165) is 5.56 Å². The van der Waals surface area contributed by atoms with Crippen LogP contribution >= 0.6 is 24.0 Å². The normalized spacial score (nSPS) is 11.7. The van der Waals surface area contributed by atoms with E-state index in [4.69, 9.17) is 17.3 Å². The Hall–Kier alpha value is -1.09. The van der Waals surface area contributed by atoms with Crippen LogP contribution in [0.25, 0.3) is 0 Å². The van der Waals surface area contributed by atoms with Gasteiger partial charge >= 0.3 is 0 Å². The van der Waals surface area contributed by atoms with Crippen LogP contribution in [0.5, 0.6) is 0 Å². The molecule has 0 aliphatic heterocycles. The summed E-state index contributed by atoms with van der Waals surface area (Å²) in [4.78, 5) is 0. The van der Waals surface area contributed by atoms with E-state index >= 15 is 0 Å². The summed E-state index contributed by atoms with van der Waals surface area (Å²) in [7, 11) is 0. The van der Waals surface area contributed by atoms with Crippen molar-refractivity contribution in [3.05, 3.63) is 70.5 Å². The van der Waals surface area contributed by atoms with Crippen LogP contribution in [0.2, 0.25) is 5.02 Å². The smallest absolute Gasteiger partial charge is 0.125 e. The van der Waals surface area contributed by atoms with Gasteiger partial charge in [-0.05, 0) is 29.3 Å². The summed E-state index contributed by atoms with van der Waals surface area (Å²) in [5.41, 5.74) is 7.64. The van der Waals surface area contributed by atoms with E-state index in [1.807, 2.05) is 30.3 Å². The SMILES string of the molecule is Cl.NC(c1ccccc1)c1cc(F)cc(Cl)c1. The van der Waals surface area contributed by atoms with E-state index in [-0.39, 0.29) is 24.3 Å². The van der Waals surface area contributed by atoms with Crippen LogP contribution in [0.3, 0.4) is 0 Å². The molecule has 2 aromatic rings. The second-order valence-electron chi connectivity index (χ2n) is 3.59. The van der Waals surface area contributed by atoms with E-state index in [2.05, 4.69) is 0 Å². The number of benzene rings is 2. The molecule has 0 bridgehead atoms. The first kappa shape index (κ1) is 14.0. The Kier molecular flexibility index (Phi) is 4.94. The van der Waals surface area contributed by atoms with Gasteiger partial charge in [-0.25, -0.2) is 4.39 Å². The summed E-state index contributed by atoms with van der Waals surface area (Å²) in [6.45, 7) is 0. The van der Waals surface area contributed by atoms with Gasteiger partial charge in [-0.3, -0.25) is 0 Å². The standard InChI is InChI=1S/C13H11ClFN.ClH/c14-11-6-10(7-12(15)8-11)13(16)9-4-2-1-3-5-9;/h1-8,13H,16H2;1H. The molecule has 0 aliphatic carbocycles. The maximum Gasteiger partial charge on any atom is 0.125 e. The summed E-state index contributed by atoms with van der Waals surface area (Å²) < 4.78 is 13.2. The fourth-order valence-electron chi connectivity index (χ4n) is 1.61. The maximum atomic E-state index is 13.2. The van der Waals surface area contributed by atoms with Crippen molar-refractivity contribution in [2.45, 2.75) is 6.04 Å². The molecule has 0 saturated heterocycles. The molecule has 1 nitrogen and oxygen atoms in total. The molecule has 1 unspecified atom stereocenters. The topological polar surface area (TPSA) is 26.0 Å². The van der Waals surface area contributed by atoms with Gasteiger partial charge in [-0.15, -0.1) is 12.4 Å². The third-order valence-electron chi connectivity index (χ3n) is 2.40. The minimum absolute atomic E-state index is 0. The second-order valence-corrected chi connectivity index (χ2v) is 4.03. The molecule has 2 aromatic carbocycles. The highest BCUT2D eigenvalue weighted by Gasteiger charge is 2.10. The van der Waals surface area contributed by atoms with Crippen molar-refractivity contribution in [3.63, 3.8) is 0 Å². The van der Waals surface area contributed by atoms with Gasteiger partial charge in [-0.2, -0.15) is 0 Å². The first-order valence-electron chi connectivity index (χ1n) is 4.93. The highest BCUT2D eigenvalue weighted by molar-refractivity contribution is 6.30. The van der Waals surface area contributed by atoms with Crippen molar-refractivity contribution in [1.29, 1.82) is 0 Å². The predicted octanol–water partition coefficient (Wildman–Crippen LogP) is 3.95. The number of halogens is 3. The molecule has 0 saturated carbocycles. The molecular weight excluding hydrogens is 260 g/mol. The Labute approximate surface area is 111 Å². The molecule has 1 atom stereocenters. The second kappa shape index (κ2) is 6.01. The molecule has 2 rings (SSSR count). The Morgan fingerprint density at radius 1 is 1.00 bits per heavy atom. The van der Waals surface area contributed by atoms with Crippen molar-refractivity contribution in [3.8, 4) is 0 Å². The van der Waals surface area contributed by atoms with Crippen LogP contribution in [0, 0.1) is 5.82 Å². The van der Waals surface area contributed by atoms with Crippen LogP contribution in [-0.2, 0) is 0 Å². The number of nitrogens with two attached hydrogens (primary N) is 1. The van der Waals surface area contributed by atoms with Crippen molar-refractivity contribution >= 4 is 24.0 Å². The van der Waals surface area contributed by atoms with E-state index in [1.54, 1.807) is 6.07 Å². The zero-order chi connectivity index (χ0) is 11.5. The minimum Gasteiger partial charge on any atom is -0.320 e. The van der Waals surface area contributed by atoms with Crippen LogP contribution in [0.4, 0.5) is 4.39 Å². The van der Waals surface area contributed by atoms with Crippen molar-refractivity contribution in [2.24, 2.45) is 5.73 Å². The lowest BCUT2D eigenvalue weighted by atomic mass is 10.00. The molecule has 0 amide bonds. The van der Waals surface area contributed by atoms with Gasteiger partial charge in [-0.1, -0.05) is 41.9 Å². The van der Waals surface area contributed by atoms with Crippen LogP contribution in [0.1, 0.15) is 17.2 Å². The monoisotopic (exact) mass is 271 g/mol. The van der Waals surface area contributed by atoms with Crippen molar-refractivity contribution in [1.82, 2.24) is 0 Å². The molecule has 0 radical (unpaired) electrons. The predicted molar refractivity (Wildman–Crippen MR) is 71.1 cm³/mol. The lowest BCUT2D eigenvalue weighted by Crippen LogP contribution is -2.11. The van der Waals surface area contributed by atoms with E-state index in [9.17, 15) is 4.39 Å². The number of rotatable bonds is 2. The molecule has 17 heavy (non-hydrogen) atoms. The number of hydrogen-bond donors (Lipinski definition) is 1. The molecule has 0 heterocycles. The fourth-order valence-corrected chi connectivity index (χ4v) is 1.84. The highest BCUT2D eigenvalue weighted by atomic mass is 35.5. The van der Waals surface area contributed by atoms with Gasteiger partial charge in [0.25, 0.3) is 0 Å². The van der Waals surface area contributed by atoms with Crippen LogP contribution in [-0.4, -0.2) is 0 Å². The van der Waals surface area contributed by atoms with Gasteiger partial charge < -0.3 is 5.73 Å². The summed E-state index contributed by atoms with van der Waals surface area (Å²) in [6, 6.07) is 13.5. The zero-order valence-electron chi connectivity index (χ0n) is 8.94. The molecule has 0 aliphatic rings. The van der Waals surface area contributed by atoms with E-state index in [0.29, 0.717) is 10.6 Å². The van der Waals surface area contributed by atoms with Crippen LogP contribution in [0.15, 0.2) is 48.5 Å². The average Bonchev–Trinajstić information content (AvgIpc) is 2.28. The van der Waals surface area contributed by atoms with Crippen LogP contribution < -0.4 is 5.73 Å². The van der Waals surface area contributed by atoms with E-state index < -0.39 is 0 Å². The molecule has 90 valence electrons. The Balaban J connectivity index is 0.00000144. The fraction of sp³-hybridized carbons (Fsp3) is 0.0769. The zero-order valence-corrected chi connectivity index (χ0v) is 10.5. The summed E-state index contributed by atoms with van der Waals surface area (Å²) in [5, 5.41) is 0.362. The lowest BCUT2D eigenvalue weighted by molar-refractivity contribution is 0.623. The molecule has 0 spiro atoms. The van der Waals surface area contributed by atoms with Gasteiger partial charge in [0.15, 0.2) is 0 Å². The Morgan fingerprint density at radius 2 is 1.65 bits per heavy atom. The van der Waals surface area contributed by atoms with Gasteiger partial charge in [0, 0.05) is 5.02 Å². The summed E-state index contributed by atoms with van der Waals surface area (Å²) in [6.07, 6.45) is 0. The molecule has 0 fully saturated rings. The van der Waals surface area contributed by atoms with Gasteiger partial charge in [0.2, 0.25) is 0 Å². The van der Waals surface area contributed by atoms with Crippen molar-refractivity contribution in [2.75, 3.05) is 0 Å². The van der Waals surface area contributed by atoms with Crippen molar-refractivity contribution < 1.29 is 4.39 Å². The third kappa shape index (κ3) is 3.43. The molecule has 2 N–H and O–H groups in total. The average molecular weight is 272 g/mol. The highest BCUT2D eigenvalue weighted by Crippen LogP contribution is 2.23. The Bertz CT molecular complexity index is 468.